The van der Waals surface area contributed by atoms with Crippen molar-refractivity contribution < 1.29 is 17.6 Å². The van der Waals surface area contributed by atoms with Gasteiger partial charge in [-0.15, -0.1) is 5.10 Å². The number of rotatable bonds is 4. The molecule has 0 amide bonds. The van der Waals surface area contributed by atoms with E-state index >= 15 is 0 Å². The van der Waals surface area contributed by atoms with Crippen LogP contribution in [0.1, 0.15) is 24.9 Å². The lowest BCUT2D eigenvalue weighted by Gasteiger charge is -2.19. The Morgan fingerprint density at radius 3 is 2.38 bits per heavy atom. The summed E-state index contributed by atoms with van der Waals surface area (Å²) in [6, 6.07) is 7.89. The third-order valence-corrected chi connectivity index (χ3v) is 3.32. The molecule has 1 aromatic heterocycles. The van der Waals surface area contributed by atoms with Crippen LogP contribution in [0, 0.1) is 16.6 Å². The fourth-order valence-corrected chi connectivity index (χ4v) is 2.09. The molecule has 1 atom stereocenters. The number of alkyl halides is 3. The van der Waals surface area contributed by atoms with E-state index in [4.69, 9.17) is 10.8 Å². The third kappa shape index (κ3) is 3.98. The van der Waals surface area contributed by atoms with Gasteiger partial charge in [-0.1, -0.05) is 19.1 Å². The van der Waals surface area contributed by atoms with E-state index in [1.807, 2.05) is 6.92 Å². The predicted octanol–water partition coefficient (Wildman–Crippen LogP) is 3.45. The quantitative estimate of drug-likeness (QED) is 0.452. The van der Waals surface area contributed by atoms with E-state index < -0.39 is 17.5 Å². The van der Waals surface area contributed by atoms with Crippen molar-refractivity contribution in [3.63, 3.8) is 0 Å². The van der Waals surface area contributed by atoms with E-state index in [0.29, 0.717) is 6.42 Å². The van der Waals surface area contributed by atoms with Crippen LogP contribution in [0.4, 0.5) is 23.4 Å². The van der Waals surface area contributed by atoms with Gasteiger partial charge in [0.05, 0.1) is 6.04 Å². The number of hydrogen-bond acceptors (Lipinski definition) is 4. The molecule has 5 nitrogen and oxygen atoms in total. The normalized spacial score (nSPS) is 12.7. The minimum Gasteiger partial charge on any atom is -0.362 e. The Labute approximate surface area is 135 Å². The van der Waals surface area contributed by atoms with Gasteiger partial charge in [-0.2, -0.15) is 17.9 Å². The summed E-state index contributed by atoms with van der Waals surface area (Å²) in [4.78, 5) is 0. The molecule has 2 rings (SSSR count). The third-order valence-electron chi connectivity index (χ3n) is 3.32. The van der Waals surface area contributed by atoms with Gasteiger partial charge in [-0.3, -0.25) is 10.8 Å². The van der Waals surface area contributed by atoms with Crippen LogP contribution in [0.5, 0.6) is 0 Å². The molecule has 1 aromatic carbocycles. The molecular formula is C15H15F4N5. The molecule has 2 aromatic rings. The van der Waals surface area contributed by atoms with E-state index in [9.17, 15) is 17.6 Å². The first-order valence-corrected chi connectivity index (χ1v) is 7.05. The summed E-state index contributed by atoms with van der Waals surface area (Å²) in [5.41, 5.74) is 0.186. The van der Waals surface area contributed by atoms with Crippen molar-refractivity contribution >= 4 is 11.7 Å². The maximum atomic E-state index is 13.0. The van der Waals surface area contributed by atoms with Crippen molar-refractivity contribution in [3.8, 4) is 0 Å². The summed E-state index contributed by atoms with van der Waals surface area (Å²) in [6.07, 6.45) is -4.33. The van der Waals surface area contributed by atoms with Gasteiger partial charge >= 0.3 is 6.18 Å². The zero-order valence-corrected chi connectivity index (χ0v) is 12.7. The molecule has 9 heteroatoms. The first kappa shape index (κ1) is 17.6. The van der Waals surface area contributed by atoms with Crippen LogP contribution in [0.2, 0.25) is 0 Å². The number of aromatic nitrogens is 2. The Hall–Kier alpha value is -2.71. The summed E-state index contributed by atoms with van der Waals surface area (Å²) in [5.74, 6) is -2.05. The van der Waals surface area contributed by atoms with E-state index in [-0.39, 0.29) is 22.4 Å². The van der Waals surface area contributed by atoms with E-state index in [1.54, 1.807) is 12.1 Å². The van der Waals surface area contributed by atoms with Crippen LogP contribution in [0.15, 0.2) is 36.4 Å². The number of anilines is 1. The molecule has 128 valence electrons. The Kier molecular flexibility index (Phi) is 5.01. The van der Waals surface area contributed by atoms with Gasteiger partial charge < -0.3 is 5.32 Å². The van der Waals surface area contributed by atoms with Crippen LogP contribution in [0.3, 0.4) is 0 Å². The topological polar surface area (TPSA) is 77.5 Å². The summed E-state index contributed by atoms with van der Waals surface area (Å²) in [7, 11) is 0. The minimum atomic E-state index is -4.91. The molecular weight excluding hydrogens is 326 g/mol. The Bertz CT molecular complexity index is 780. The summed E-state index contributed by atoms with van der Waals surface area (Å²) >= 11 is 0. The smallest absolute Gasteiger partial charge is 0.362 e. The number of benzene rings is 1. The highest BCUT2D eigenvalue weighted by molar-refractivity contribution is 5.85. The van der Waals surface area contributed by atoms with E-state index in [0.717, 1.165) is 11.6 Å². The predicted molar refractivity (Wildman–Crippen MR) is 80.3 cm³/mol. The van der Waals surface area contributed by atoms with Gasteiger partial charge in [0, 0.05) is 0 Å². The molecule has 0 aliphatic rings. The SMILES string of the molecule is CCC(Nc1ccc(=N)n(C(=N)C(F)(F)F)n1)c1ccc(F)cc1. The molecule has 0 radical (unpaired) electrons. The van der Waals surface area contributed by atoms with Crippen molar-refractivity contribution in [1.29, 1.82) is 10.8 Å². The average molecular weight is 341 g/mol. The highest BCUT2D eigenvalue weighted by Gasteiger charge is 2.37. The highest BCUT2D eigenvalue weighted by Crippen LogP contribution is 2.22. The molecule has 0 saturated carbocycles. The van der Waals surface area contributed by atoms with E-state index in [1.165, 1.54) is 18.2 Å². The summed E-state index contributed by atoms with van der Waals surface area (Å²) in [5, 5.41) is 21.2. The molecule has 0 aliphatic heterocycles. The van der Waals surface area contributed by atoms with Crippen LogP contribution in [-0.4, -0.2) is 21.8 Å². The molecule has 3 N–H and O–H groups in total. The molecule has 1 heterocycles. The highest BCUT2D eigenvalue weighted by atomic mass is 19.4. The van der Waals surface area contributed by atoms with Gasteiger partial charge in [0.2, 0.25) is 5.84 Å². The van der Waals surface area contributed by atoms with Crippen LogP contribution in [-0.2, 0) is 0 Å². The standard InChI is InChI=1S/C15H15F4N5/c1-2-11(9-3-5-10(16)6-4-9)22-13-8-7-12(20)24(23-13)14(21)15(17,18)19/h3-8,11,20-21H,2H2,1H3,(H,22,23). The molecule has 1 unspecified atom stereocenters. The second-order valence-electron chi connectivity index (χ2n) is 5.02. The lowest BCUT2D eigenvalue weighted by atomic mass is 10.0. The number of hydrogen-bond donors (Lipinski definition) is 3. The lowest BCUT2D eigenvalue weighted by molar-refractivity contribution is -0.0632. The molecule has 0 saturated heterocycles. The van der Waals surface area contributed by atoms with Crippen LogP contribution < -0.4 is 10.8 Å². The maximum absolute atomic E-state index is 13.0. The first-order valence-electron chi connectivity index (χ1n) is 7.05. The van der Waals surface area contributed by atoms with Gasteiger partial charge in [0.1, 0.15) is 17.1 Å². The van der Waals surface area contributed by atoms with Crippen molar-refractivity contribution in [1.82, 2.24) is 9.78 Å². The van der Waals surface area contributed by atoms with Gasteiger partial charge in [0.25, 0.3) is 0 Å². The fraction of sp³-hybridized carbons (Fsp3) is 0.267. The molecule has 0 bridgehead atoms. The lowest BCUT2D eigenvalue weighted by Crippen LogP contribution is -2.38. The van der Waals surface area contributed by atoms with Crippen molar-refractivity contribution in [2.24, 2.45) is 0 Å². The number of nitrogens with one attached hydrogen (secondary N) is 3. The summed E-state index contributed by atoms with van der Waals surface area (Å²) in [6.45, 7) is 1.85. The Morgan fingerprint density at radius 1 is 1.21 bits per heavy atom. The largest absolute Gasteiger partial charge is 0.451 e. The monoisotopic (exact) mass is 341 g/mol. The molecule has 24 heavy (non-hydrogen) atoms. The van der Waals surface area contributed by atoms with Crippen LogP contribution >= 0.6 is 0 Å². The zero-order valence-electron chi connectivity index (χ0n) is 12.7. The summed E-state index contributed by atoms with van der Waals surface area (Å²) < 4.78 is 51.2. The average Bonchev–Trinajstić information content (AvgIpc) is 2.53. The van der Waals surface area contributed by atoms with Crippen molar-refractivity contribution in [2.45, 2.75) is 25.6 Å². The van der Waals surface area contributed by atoms with Crippen molar-refractivity contribution in [3.05, 3.63) is 53.3 Å². The fourth-order valence-electron chi connectivity index (χ4n) is 2.09. The van der Waals surface area contributed by atoms with Gasteiger partial charge in [-0.05, 0) is 36.2 Å². The Morgan fingerprint density at radius 2 is 1.83 bits per heavy atom. The number of halogens is 4. The first-order chi connectivity index (χ1) is 11.2. The second kappa shape index (κ2) is 6.81. The number of nitrogens with zero attached hydrogens (tertiary/aromatic N) is 2. The Balaban J connectivity index is 2.30. The van der Waals surface area contributed by atoms with E-state index in [2.05, 4.69) is 10.4 Å². The van der Waals surface area contributed by atoms with Crippen LogP contribution in [0.25, 0.3) is 0 Å². The van der Waals surface area contributed by atoms with Crippen molar-refractivity contribution in [2.75, 3.05) is 5.32 Å². The second-order valence-corrected chi connectivity index (χ2v) is 5.02. The molecule has 0 aliphatic carbocycles. The molecule has 0 spiro atoms. The minimum absolute atomic E-state index is 0.0798. The zero-order chi connectivity index (χ0) is 17.9. The van der Waals surface area contributed by atoms with Gasteiger partial charge in [-0.25, -0.2) is 4.39 Å². The van der Waals surface area contributed by atoms with Gasteiger partial charge in [0.15, 0.2) is 0 Å². The maximum Gasteiger partial charge on any atom is 0.451 e. The molecule has 0 fully saturated rings.